The van der Waals surface area contributed by atoms with Gasteiger partial charge in [0.15, 0.2) is 0 Å². The molecule has 1 aliphatic rings. The van der Waals surface area contributed by atoms with Gasteiger partial charge < -0.3 is 10.1 Å². The van der Waals surface area contributed by atoms with Crippen molar-refractivity contribution in [2.24, 2.45) is 0 Å². The number of hydrogen-bond donors (Lipinski definition) is 1. The second kappa shape index (κ2) is 8.93. The van der Waals surface area contributed by atoms with Crippen molar-refractivity contribution < 1.29 is 9.53 Å². The lowest BCUT2D eigenvalue weighted by molar-refractivity contribution is -0.122. The number of nitrogens with one attached hydrogen (secondary N) is 1. The third kappa shape index (κ3) is 5.39. The first-order valence-corrected chi connectivity index (χ1v) is 9.53. The van der Waals surface area contributed by atoms with Crippen molar-refractivity contribution in [3.8, 4) is 5.75 Å². The first-order chi connectivity index (χ1) is 11.0. The third-order valence-corrected chi connectivity index (χ3v) is 5.91. The van der Waals surface area contributed by atoms with E-state index in [0.29, 0.717) is 25.5 Å². The molecule has 1 N–H and O–H groups in total. The normalized spacial score (nSPS) is 15.5. The van der Waals surface area contributed by atoms with Crippen LogP contribution in [-0.4, -0.2) is 18.6 Å². The van der Waals surface area contributed by atoms with Gasteiger partial charge in [-0.2, -0.15) is 0 Å². The van der Waals surface area contributed by atoms with Crippen LogP contribution in [0.3, 0.4) is 0 Å². The van der Waals surface area contributed by atoms with Crippen LogP contribution in [0.2, 0.25) is 5.02 Å². The van der Waals surface area contributed by atoms with Crippen molar-refractivity contribution in [3.63, 3.8) is 0 Å². The summed E-state index contributed by atoms with van der Waals surface area (Å²) in [6.07, 6.45) is 7.24. The van der Waals surface area contributed by atoms with Gasteiger partial charge in [-0.05, 0) is 66.2 Å². The fourth-order valence-electron chi connectivity index (χ4n) is 2.97. The number of amides is 1. The monoisotopic (exact) mass is 401 g/mol. The number of aryl methyl sites for hydroxylation is 1. The standard InChI is InChI=1S/C18H25BrClNO2/c1-12-11-15(17(19)13(2)18(12)20)23-10-6-9-16(22)21-14-7-4-3-5-8-14/h11,14H,3-10H2,1-2H3,(H,21,22). The second-order valence-electron chi connectivity index (χ2n) is 6.30. The summed E-state index contributed by atoms with van der Waals surface area (Å²) in [5.74, 6) is 0.931. The van der Waals surface area contributed by atoms with Crippen molar-refractivity contribution in [3.05, 3.63) is 26.7 Å². The summed E-state index contributed by atoms with van der Waals surface area (Å²) in [7, 11) is 0. The Balaban J connectivity index is 1.74. The van der Waals surface area contributed by atoms with Crippen LogP contribution < -0.4 is 10.1 Å². The molecule has 0 saturated heterocycles. The summed E-state index contributed by atoms with van der Waals surface area (Å²) >= 11 is 9.74. The van der Waals surface area contributed by atoms with Crippen LogP contribution in [0.4, 0.5) is 0 Å². The predicted molar refractivity (Wildman–Crippen MR) is 98.4 cm³/mol. The van der Waals surface area contributed by atoms with E-state index in [9.17, 15) is 4.79 Å². The molecule has 3 nitrogen and oxygen atoms in total. The Morgan fingerprint density at radius 2 is 2.04 bits per heavy atom. The molecule has 0 unspecified atom stereocenters. The van der Waals surface area contributed by atoms with Crippen molar-refractivity contribution in [1.82, 2.24) is 5.32 Å². The summed E-state index contributed by atoms with van der Waals surface area (Å²) in [6, 6.07) is 2.31. The highest BCUT2D eigenvalue weighted by Gasteiger charge is 2.15. The van der Waals surface area contributed by atoms with Crippen LogP contribution in [0.1, 0.15) is 56.1 Å². The van der Waals surface area contributed by atoms with Gasteiger partial charge in [0.25, 0.3) is 0 Å². The minimum Gasteiger partial charge on any atom is -0.492 e. The summed E-state index contributed by atoms with van der Waals surface area (Å²) in [4.78, 5) is 11.9. The van der Waals surface area contributed by atoms with E-state index in [-0.39, 0.29) is 5.91 Å². The van der Waals surface area contributed by atoms with Crippen LogP contribution in [0.5, 0.6) is 5.75 Å². The highest BCUT2D eigenvalue weighted by molar-refractivity contribution is 9.10. The number of halogens is 2. The van der Waals surface area contributed by atoms with E-state index >= 15 is 0 Å². The maximum absolute atomic E-state index is 11.9. The van der Waals surface area contributed by atoms with E-state index in [0.717, 1.165) is 39.2 Å². The van der Waals surface area contributed by atoms with Crippen LogP contribution in [0.15, 0.2) is 10.5 Å². The van der Waals surface area contributed by atoms with Crippen molar-refractivity contribution in [1.29, 1.82) is 0 Å². The number of carbonyl (C=O) groups excluding carboxylic acids is 1. The van der Waals surface area contributed by atoms with E-state index in [4.69, 9.17) is 16.3 Å². The minimum atomic E-state index is 0.142. The minimum absolute atomic E-state index is 0.142. The van der Waals surface area contributed by atoms with Gasteiger partial charge in [0.1, 0.15) is 5.75 Å². The van der Waals surface area contributed by atoms with Gasteiger partial charge in [0.05, 0.1) is 11.1 Å². The Kier molecular flexibility index (Phi) is 7.22. The van der Waals surface area contributed by atoms with Gasteiger partial charge in [-0.25, -0.2) is 0 Å². The zero-order valence-electron chi connectivity index (χ0n) is 13.9. The Morgan fingerprint density at radius 1 is 1.35 bits per heavy atom. The van der Waals surface area contributed by atoms with E-state index in [1.807, 2.05) is 19.9 Å². The maximum atomic E-state index is 11.9. The highest BCUT2D eigenvalue weighted by Crippen LogP contribution is 2.35. The van der Waals surface area contributed by atoms with Crippen LogP contribution >= 0.6 is 27.5 Å². The highest BCUT2D eigenvalue weighted by atomic mass is 79.9. The molecule has 0 heterocycles. The molecule has 1 amide bonds. The molecule has 128 valence electrons. The van der Waals surface area contributed by atoms with Gasteiger partial charge in [-0.1, -0.05) is 30.9 Å². The smallest absolute Gasteiger partial charge is 0.220 e. The molecule has 0 radical (unpaired) electrons. The van der Waals surface area contributed by atoms with Gasteiger partial charge in [-0.15, -0.1) is 0 Å². The van der Waals surface area contributed by atoms with Gasteiger partial charge in [0.2, 0.25) is 5.91 Å². The van der Waals surface area contributed by atoms with E-state index < -0.39 is 0 Å². The largest absolute Gasteiger partial charge is 0.492 e. The second-order valence-corrected chi connectivity index (χ2v) is 7.47. The molecule has 23 heavy (non-hydrogen) atoms. The Morgan fingerprint density at radius 3 is 2.74 bits per heavy atom. The zero-order valence-corrected chi connectivity index (χ0v) is 16.2. The third-order valence-electron chi connectivity index (χ3n) is 4.34. The van der Waals surface area contributed by atoms with Gasteiger partial charge >= 0.3 is 0 Å². The Bertz CT molecular complexity index is 556. The Hall–Kier alpha value is -0.740. The van der Waals surface area contributed by atoms with E-state index in [2.05, 4.69) is 21.2 Å². The van der Waals surface area contributed by atoms with Gasteiger partial charge in [0, 0.05) is 17.5 Å². The molecule has 1 aromatic rings. The number of hydrogen-bond acceptors (Lipinski definition) is 2. The lowest BCUT2D eigenvalue weighted by atomic mass is 9.95. The molecule has 1 saturated carbocycles. The van der Waals surface area contributed by atoms with E-state index in [1.54, 1.807) is 0 Å². The van der Waals surface area contributed by atoms with Crippen LogP contribution in [0.25, 0.3) is 0 Å². The molecule has 1 aromatic carbocycles. The first kappa shape index (κ1) is 18.6. The molecular formula is C18H25BrClNO2. The summed E-state index contributed by atoms with van der Waals surface area (Å²) in [5.41, 5.74) is 1.98. The molecule has 1 fully saturated rings. The fraction of sp³-hybridized carbons (Fsp3) is 0.611. The fourth-order valence-corrected chi connectivity index (χ4v) is 3.66. The SMILES string of the molecule is Cc1cc(OCCCC(=O)NC2CCCCC2)c(Br)c(C)c1Cl. The lowest BCUT2D eigenvalue weighted by Crippen LogP contribution is -2.36. The lowest BCUT2D eigenvalue weighted by Gasteiger charge is -2.22. The quantitative estimate of drug-likeness (QED) is 0.653. The number of carbonyl (C=O) groups is 1. The Labute approximate surface area is 152 Å². The maximum Gasteiger partial charge on any atom is 0.220 e. The summed E-state index contributed by atoms with van der Waals surface area (Å²) in [5, 5.41) is 3.89. The average Bonchev–Trinajstić information content (AvgIpc) is 2.55. The van der Waals surface area contributed by atoms with Crippen LogP contribution in [0, 0.1) is 13.8 Å². The first-order valence-electron chi connectivity index (χ1n) is 8.36. The predicted octanol–water partition coefficient (Wildman–Crippen LogP) is 5.33. The average molecular weight is 403 g/mol. The number of rotatable bonds is 6. The number of ether oxygens (including phenoxy) is 1. The molecular weight excluding hydrogens is 378 g/mol. The van der Waals surface area contributed by atoms with Crippen molar-refractivity contribution in [2.45, 2.75) is 64.8 Å². The molecule has 0 atom stereocenters. The summed E-state index contributed by atoms with van der Waals surface area (Å²) in [6.45, 7) is 4.45. The van der Waals surface area contributed by atoms with Crippen molar-refractivity contribution >= 4 is 33.4 Å². The molecule has 0 aliphatic heterocycles. The van der Waals surface area contributed by atoms with E-state index in [1.165, 1.54) is 19.3 Å². The molecule has 5 heteroatoms. The van der Waals surface area contributed by atoms with Gasteiger partial charge in [-0.3, -0.25) is 4.79 Å². The summed E-state index contributed by atoms with van der Waals surface area (Å²) < 4.78 is 6.70. The zero-order chi connectivity index (χ0) is 16.8. The topological polar surface area (TPSA) is 38.3 Å². The molecule has 2 rings (SSSR count). The number of benzene rings is 1. The molecule has 0 bridgehead atoms. The molecule has 1 aliphatic carbocycles. The van der Waals surface area contributed by atoms with Crippen molar-refractivity contribution in [2.75, 3.05) is 6.61 Å². The molecule has 0 aromatic heterocycles. The molecule has 0 spiro atoms. The van der Waals surface area contributed by atoms with Crippen LogP contribution in [-0.2, 0) is 4.79 Å².